The Bertz CT molecular complexity index is 882. The Morgan fingerprint density at radius 3 is 2.61 bits per heavy atom. The molecule has 1 unspecified atom stereocenters. The van der Waals surface area contributed by atoms with Crippen molar-refractivity contribution in [3.05, 3.63) is 75.7 Å². The lowest BCUT2D eigenvalue weighted by Gasteiger charge is -2.31. The van der Waals surface area contributed by atoms with E-state index in [1.807, 2.05) is 30.0 Å². The van der Waals surface area contributed by atoms with E-state index in [1.54, 1.807) is 13.1 Å². The van der Waals surface area contributed by atoms with Gasteiger partial charge in [0.05, 0.1) is 10.1 Å². The van der Waals surface area contributed by atoms with E-state index < -0.39 is 5.67 Å². The predicted octanol–water partition coefficient (Wildman–Crippen LogP) is 6.30. The quantitative estimate of drug-likeness (QED) is 0.306. The van der Waals surface area contributed by atoms with Gasteiger partial charge in [-0.05, 0) is 43.5 Å². The summed E-state index contributed by atoms with van der Waals surface area (Å²) in [4.78, 5) is 11.0. The minimum Gasteiger partial charge on any atom is -0.325 e. The molecule has 1 atom stereocenters. The number of aromatic nitrogens is 1. The zero-order chi connectivity index (χ0) is 21.1. The van der Waals surface area contributed by atoms with Crippen LogP contribution in [0.25, 0.3) is 0 Å². The fourth-order valence-electron chi connectivity index (χ4n) is 3.03. The number of aliphatic imine (C=N–C) groups is 1. The molecule has 0 amide bonds. The predicted molar refractivity (Wildman–Crippen MR) is 118 cm³/mol. The second-order valence-electron chi connectivity index (χ2n) is 6.94. The summed E-state index contributed by atoms with van der Waals surface area (Å²) in [5.41, 5.74) is 1.78. The van der Waals surface area contributed by atoms with Crippen LogP contribution in [-0.4, -0.2) is 35.0 Å². The van der Waals surface area contributed by atoms with Crippen molar-refractivity contribution >= 4 is 29.0 Å². The van der Waals surface area contributed by atoms with Crippen molar-refractivity contribution in [2.24, 2.45) is 4.99 Å². The van der Waals surface area contributed by atoms with Crippen molar-refractivity contribution in [1.82, 2.24) is 9.88 Å². The first kappa shape index (κ1) is 22.4. The fraction of sp³-hybridized carbons (Fsp3) is 0.364. The Kier molecular flexibility index (Phi) is 7.24. The zero-order valence-electron chi connectivity index (χ0n) is 16.8. The highest BCUT2D eigenvalue weighted by atomic mass is 35.5. The highest BCUT2D eigenvalue weighted by molar-refractivity contribution is 6.42. The molecular formula is C22H26Cl2FN3. The first-order valence-corrected chi connectivity index (χ1v) is 9.91. The van der Waals surface area contributed by atoms with Crippen LogP contribution in [-0.2, 0) is 0 Å². The van der Waals surface area contributed by atoms with Crippen molar-refractivity contribution < 1.29 is 4.39 Å². The number of amidine groups is 1. The maximum atomic E-state index is 14.5. The number of hydrogen-bond acceptors (Lipinski definition) is 2. The summed E-state index contributed by atoms with van der Waals surface area (Å²) < 4.78 is 14.5. The van der Waals surface area contributed by atoms with Crippen LogP contribution in [0.15, 0.2) is 69.3 Å². The molecule has 3 nitrogen and oxygen atoms in total. The molecule has 1 aromatic heterocycles. The van der Waals surface area contributed by atoms with Crippen LogP contribution in [0.2, 0.25) is 0 Å². The summed E-state index contributed by atoms with van der Waals surface area (Å²) in [5, 5.41) is 0.163. The summed E-state index contributed by atoms with van der Waals surface area (Å²) in [6.07, 6.45) is 2.72. The van der Waals surface area contributed by atoms with Crippen LogP contribution in [0.3, 0.4) is 0 Å². The van der Waals surface area contributed by atoms with Gasteiger partial charge < -0.3 is 4.90 Å². The third kappa shape index (κ3) is 4.56. The molecule has 1 aromatic rings. The monoisotopic (exact) mass is 421 g/mol. The summed E-state index contributed by atoms with van der Waals surface area (Å²) in [6, 6.07) is 5.78. The highest BCUT2D eigenvalue weighted by Gasteiger charge is 2.34. The van der Waals surface area contributed by atoms with E-state index >= 15 is 0 Å². The van der Waals surface area contributed by atoms with Gasteiger partial charge in [0, 0.05) is 31.4 Å². The van der Waals surface area contributed by atoms with Gasteiger partial charge in [-0.2, -0.15) is 0 Å². The van der Waals surface area contributed by atoms with Crippen molar-refractivity contribution in [3.8, 4) is 0 Å². The first-order chi connectivity index (χ1) is 13.1. The number of nitrogens with zero attached hydrogens (tertiary/aromatic N) is 3. The second kappa shape index (κ2) is 9.06. The first-order valence-electron chi connectivity index (χ1n) is 9.16. The Morgan fingerprint density at radius 2 is 2.04 bits per heavy atom. The lowest BCUT2D eigenvalue weighted by atomic mass is 9.90. The average molecular weight is 422 g/mol. The van der Waals surface area contributed by atoms with Crippen molar-refractivity contribution in [1.29, 1.82) is 0 Å². The molecular weight excluding hydrogens is 396 g/mol. The number of halogens is 3. The topological polar surface area (TPSA) is 28.5 Å². The maximum Gasteiger partial charge on any atom is 0.154 e. The largest absolute Gasteiger partial charge is 0.325 e. The van der Waals surface area contributed by atoms with E-state index in [2.05, 4.69) is 30.1 Å². The number of hydrogen-bond donors (Lipinski definition) is 0. The van der Waals surface area contributed by atoms with Crippen LogP contribution in [0.5, 0.6) is 0 Å². The van der Waals surface area contributed by atoms with Crippen molar-refractivity contribution in [2.45, 2.75) is 39.3 Å². The van der Waals surface area contributed by atoms with Crippen LogP contribution < -0.4 is 0 Å². The molecule has 0 saturated carbocycles. The highest BCUT2D eigenvalue weighted by Crippen LogP contribution is 2.43. The SMILES string of the molecule is C=C(C(=C)N(CCC)C(=NC)c1cccc(C)n1)C1=CCC(C)(F)C(Cl)=C1Cl. The second-order valence-corrected chi connectivity index (χ2v) is 7.69. The van der Waals surface area contributed by atoms with Crippen molar-refractivity contribution in [2.75, 3.05) is 13.6 Å². The van der Waals surface area contributed by atoms with E-state index in [0.717, 1.165) is 17.8 Å². The van der Waals surface area contributed by atoms with E-state index in [0.29, 0.717) is 29.2 Å². The molecule has 0 bridgehead atoms. The Hall–Kier alpha value is -1.91. The van der Waals surface area contributed by atoms with E-state index in [4.69, 9.17) is 23.2 Å². The number of rotatable bonds is 6. The van der Waals surface area contributed by atoms with Gasteiger partial charge in [-0.25, -0.2) is 9.37 Å². The molecule has 0 aliphatic heterocycles. The molecule has 28 heavy (non-hydrogen) atoms. The normalized spacial score (nSPS) is 20.1. The van der Waals surface area contributed by atoms with Gasteiger partial charge in [-0.15, -0.1) is 0 Å². The van der Waals surface area contributed by atoms with Gasteiger partial charge >= 0.3 is 0 Å². The molecule has 0 spiro atoms. The van der Waals surface area contributed by atoms with Gasteiger partial charge in [-0.1, -0.05) is 55.4 Å². The van der Waals surface area contributed by atoms with Gasteiger partial charge in [0.2, 0.25) is 0 Å². The van der Waals surface area contributed by atoms with Gasteiger partial charge in [-0.3, -0.25) is 4.99 Å². The maximum absolute atomic E-state index is 14.5. The molecule has 0 N–H and O–H groups in total. The van der Waals surface area contributed by atoms with Crippen LogP contribution in [0.1, 0.15) is 38.1 Å². The third-order valence-electron chi connectivity index (χ3n) is 4.61. The van der Waals surface area contributed by atoms with E-state index in [-0.39, 0.29) is 16.5 Å². The molecule has 1 aliphatic carbocycles. The van der Waals surface area contributed by atoms with Gasteiger partial charge in [0.25, 0.3) is 0 Å². The average Bonchev–Trinajstić information content (AvgIpc) is 2.65. The van der Waals surface area contributed by atoms with Gasteiger partial charge in [0.15, 0.2) is 5.84 Å². The summed E-state index contributed by atoms with van der Waals surface area (Å²) >= 11 is 12.5. The van der Waals surface area contributed by atoms with E-state index in [1.165, 1.54) is 6.92 Å². The van der Waals surface area contributed by atoms with Gasteiger partial charge in [0.1, 0.15) is 11.4 Å². The Balaban J connectivity index is 2.40. The zero-order valence-corrected chi connectivity index (χ0v) is 18.3. The Morgan fingerprint density at radius 1 is 1.36 bits per heavy atom. The molecule has 0 aromatic carbocycles. The number of alkyl halides is 1. The molecule has 0 saturated heterocycles. The number of pyridine rings is 1. The standard InChI is InChI=1S/C22H26Cl2FN3/c1-7-13-28(21(26-6)18-10-8-9-14(2)27-18)16(4)15(3)17-11-12-22(5,25)20(24)19(17)23/h8-11H,3-4,7,12-13H2,1-2,5-6H3. The molecule has 2 rings (SSSR count). The third-order valence-corrected chi connectivity index (χ3v) is 5.68. The summed E-state index contributed by atoms with van der Waals surface area (Å²) in [7, 11) is 1.72. The molecule has 0 fully saturated rings. The van der Waals surface area contributed by atoms with Crippen molar-refractivity contribution in [3.63, 3.8) is 0 Å². The minimum absolute atomic E-state index is 0.00705. The molecule has 6 heteroatoms. The minimum atomic E-state index is -1.67. The number of allylic oxidation sites excluding steroid dienone is 4. The molecule has 1 heterocycles. The van der Waals surface area contributed by atoms with Crippen LogP contribution in [0, 0.1) is 6.92 Å². The summed E-state index contributed by atoms with van der Waals surface area (Å²) in [5.74, 6) is 0.689. The Labute approximate surface area is 177 Å². The lowest BCUT2D eigenvalue weighted by molar-refractivity contribution is 0.251. The summed E-state index contributed by atoms with van der Waals surface area (Å²) in [6.45, 7) is 14.5. The smallest absolute Gasteiger partial charge is 0.154 e. The van der Waals surface area contributed by atoms with Crippen LogP contribution in [0.4, 0.5) is 4.39 Å². The molecule has 0 radical (unpaired) electrons. The molecule has 150 valence electrons. The van der Waals surface area contributed by atoms with E-state index in [9.17, 15) is 4.39 Å². The lowest BCUT2D eigenvalue weighted by Crippen LogP contribution is -2.33. The fourth-order valence-corrected chi connectivity index (χ4v) is 3.59. The molecule has 1 aliphatic rings. The number of aryl methyl sites for hydroxylation is 1. The van der Waals surface area contributed by atoms with Crippen LogP contribution >= 0.6 is 23.2 Å².